The Morgan fingerprint density at radius 3 is 2.20 bits per heavy atom. The summed E-state index contributed by atoms with van der Waals surface area (Å²) in [7, 11) is 1.48. The van der Waals surface area contributed by atoms with E-state index in [-0.39, 0.29) is 17.2 Å². The van der Waals surface area contributed by atoms with Gasteiger partial charge in [0.2, 0.25) is 0 Å². The average Bonchev–Trinajstić information content (AvgIpc) is 2.67. The zero-order valence-electron chi connectivity index (χ0n) is 13.9. The minimum atomic E-state index is -0.315. The van der Waals surface area contributed by atoms with Gasteiger partial charge in [-0.25, -0.2) is 0 Å². The summed E-state index contributed by atoms with van der Waals surface area (Å²) in [6, 6.07) is 23.9. The van der Waals surface area contributed by atoms with E-state index in [0.717, 1.165) is 11.3 Å². The number of phenols is 1. The molecule has 4 heteroatoms. The van der Waals surface area contributed by atoms with Crippen LogP contribution in [0.3, 0.4) is 0 Å². The lowest BCUT2D eigenvalue weighted by molar-refractivity contribution is 0.0979. The fourth-order valence-corrected chi connectivity index (χ4v) is 2.69. The highest BCUT2D eigenvalue weighted by Crippen LogP contribution is 2.31. The summed E-state index contributed by atoms with van der Waals surface area (Å²) in [5, 5.41) is 10.2. The molecule has 3 aromatic carbocycles. The fraction of sp³-hybridized carbons (Fsp3) is 0.0952. The summed E-state index contributed by atoms with van der Waals surface area (Å²) in [6.07, 6.45) is 0. The largest absolute Gasteiger partial charge is 0.507 e. The van der Waals surface area contributed by atoms with Crippen molar-refractivity contribution in [3.05, 3.63) is 90.0 Å². The molecule has 0 aromatic heterocycles. The third-order valence-corrected chi connectivity index (χ3v) is 3.93. The molecule has 0 aliphatic carbocycles. The van der Waals surface area contributed by atoms with Crippen molar-refractivity contribution in [3.63, 3.8) is 0 Å². The first-order valence-corrected chi connectivity index (χ1v) is 7.97. The van der Waals surface area contributed by atoms with E-state index in [9.17, 15) is 9.90 Å². The van der Waals surface area contributed by atoms with Gasteiger partial charge in [0.1, 0.15) is 17.1 Å². The number of ether oxygens (including phenoxy) is 1. The Hall–Kier alpha value is -3.27. The molecule has 0 unspecified atom stereocenters. The molecule has 4 nitrogen and oxygen atoms in total. The lowest BCUT2D eigenvalue weighted by atomic mass is 10.1. The van der Waals surface area contributed by atoms with E-state index in [1.165, 1.54) is 13.2 Å². The minimum absolute atomic E-state index is 0.0988. The maximum absolute atomic E-state index is 13.2. The zero-order chi connectivity index (χ0) is 17.6. The van der Waals surface area contributed by atoms with Crippen LogP contribution < -0.4 is 9.64 Å². The van der Waals surface area contributed by atoms with Crippen LogP contribution in [0.2, 0.25) is 0 Å². The van der Waals surface area contributed by atoms with Crippen molar-refractivity contribution in [3.8, 4) is 11.5 Å². The molecular weight excluding hydrogens is 314 g/mol. The van der Waals surface area contributed by atoms with Gasteiger partial charge in [-0.1, -0.05) is 54.6 Å². The van der Waals surface area contributed by atoms with Crippen LogP contribution in [0, 0.1) is 0 Å². The monoisotopic (exact) mass is 333 g/mol. The quantitative estimate of drug-likeness (QED) is 0.759. The predicted octanol–water partition coefficient (Wildman–Crippen LogP) is 4.25. The molecular formula is C21H19NO3. The number of para-hydroxylation sites is 1. The van der Waals surface area contributed by atoms with Crippen LogP contribution in [0.1, 0.15) is 15.9 Å². The van der Waals surface area contributed by atoms with Gasteiger partial charge in [-0.05, 0) is 29.8 Å². The summed E-state index contributed by atoms with van der Waals surface area (Å²) in [5.41, 5.74) is 1.90. The average molecular weight is 333 g/mol. The Labute approximate surface area is 146 Å². The number of hydrogen-bond acceptors (Lipinski definition) is 3. The second-order valence-electron chi connectivity index (χ2n) is 5.57. The standard InChI is InChI=1S/C21H19NO3/c1-25-19-14-8-13-18(23)20(19)21(24)22(17-11-6-3-7-12-17)15-16-9-4-2-5-10-16/h2-14,23H,15H2,1H3. The van der Waals surface area contributed by atoms with Gasteiger partial charge in [-0.2, -0.15) is 0 Å². The molecule has 25 heavy (non-hydrogen) atoms. The highest BCUT2D eigenvalue weighted by molar-refractivity contribution is 6.09. The van der Waals surface area contributed by atoms with Crippen LogP contribution in [0.15, 0.2) is 78.9 Å². The van der Waals surface area contributed by atoms with Gasteiger partial charge in [0.25, 0.3) is 5.91 Å². The molecule has 0 atom stereocenters. The molecule has 0 saturated carbocycles. The summed E-state index contributed by atoms with van der Waals surface area (Å²) in [6.45, 7) is 0.390. The lowest BCUT2D eigenvalue weighted by Gasteiger charge is -2.24. The second kappa shape index (κ2) is 7.53. The van der Waals surface area contributed by atoms with Crippen molar-refractivity contribution in [2.75, 3.05) is 12.0 Å². The summed E-state index contributed by atoms with van der Waals surface area (Å²) in [5.74, 6) is -0.0673. The van der Waals surface area contributed by atoms with E-state index in [2.05, 4.69) is 0 Å². The van der Waals surface area contributed by atoms with Crippen LogP contribution in [0.25, 0.3) is 0 Å². The van der Waals surface area contributed by atoms with Gasteiger partial charge in [-0.15, -0.1) is 0 Å². The highest BCUT2D eigenvalue weighted by Gasteiger charge is 2.24. The van der Waals surface area contributed by atoms with Crippen molar-refractivity contribution in [2.24, 2.45) is 0 Å². The summed E-state index contributed by atoms with van der Waals surface area (Å²) in [4.78, 5) is 14.9. The van der Waals surface area contributed by atoms with Crippen molar-refractivity contribution < 1.29 is 14.6 Å². The number of anilines is 1. The van der Waals surface area contributed by atoms with Gasteiger partial charge in [0.05, 0.1) is 13.7 Å². The first-order valence-electron chi connectivity index (χ1n) is 7.97. The molecule has 0 bridgehead atoms. The van der Waals surface area contributed by atoms with E-state index in [1.54, 1.807) is 17.0 Å². The van der Waals surface area contributed by atoms with Crippen LogP contribution in [0.4, 0.5) is 5.69 Å². The van der Waals surface area contributed by atoms with E-state index in [4.69, 9.17) is 4.74 Å². The van der Waals surface area contributed by atoms with Gasteiger partial charge >= 0.3 is 0 Å². The first-order chi connectivity index (χ1) is 12.2. The number of rotatable bonds is 5. The Balaban J connectivity index is 2.04. The Kier molecular flexibility index (Phi) is 5.00. The van der Waals surface area contributed by atoms with Crippen molar-refractivity contribution in [2.45, 2.75) is 6.54 Å². The zero-order valence-corrected chi connectivity index (χ0v) is 13.9. The van der Waals surface area contributed by atoms with Gasteiger partial charge in [0.15, 0.2) is 0 Å². The number of nitrogens with zero attached hydrogens (tertiary/aromatic N) is 1. The molecule has 0 aliphatic rings. The topological polar surface area (TPSA) is 49.8 Å². The molecule has 0 radical (unpaired) electrons. The molecule has 0 aliphatic heterocycles. The Morgan fingerprint density at radius 1 is 0.920 bits per heavy atom. The smallest absolute Gasteiger partial charge is 0.266 e. The number of carbonyl (C=O) groups is 1. The highest BCUT2D eigenvalue weighted by atomic mass is 16.5. The van der Waals surface area contributed by atoms with E-state index in [0.29, 0.717) is 12.3 Å². The minimum Gasteiger partial charge on any atom is -0.507 e. The van der Waals surface area contributed by atoms with Crippen molar-refractivity contribution in [1.29, 1.82) is 0 Å². The van der Waals surface area contributed by atoms with Crippen molar-refractivity contribution >= 4 is 11.6 Å². The van der Waals surface area contributed by atoms with E-state index in [1.807, 2.05) is 60.7 Å². The number of phenolic OH excluding ortho intramolecular Hbond substituents is 1. The van der Waals surface area contributed by atoms with Crippen LogP contribution in [-0.2, 0) is 6.54 Å². The lowest BCUT2D eigenvalue weighted by Crippen LogP contribution is -2.30. The molecule has 3 rings (SSSR count). The number of benzene rings is 3. The van der Waals surface area contributed by atoms with Gasteiger partial charge < -0.3 is 14.7 Å². The summed E-state index contributed by atoms with van der Waals surface area (Å²) >= 11 is 0. The molecule has 1 N–H and O–H groups in total. The van der Waals surface area contributed by atoms with E-state index < -0.39 is 0 Å². The number of aromatic hydroxyl groups is 1. The number of hydrogen-bond donors (Lipinski definition) is 1. The predicted molar refractivity (Wildman–Crippen MR) is 98.1 cm³/mol. The maximum atomic E-state index is 13.2. The molecule has 1 amide bonds. The third-order valence-electron chi connectivity index (χ3n) is 3.93. The molecule has 126 valence electrons. The maximum Gasteiger partial charge on any atom is 0.266 e. The Morgan fingerprint density at radius 2 is 1.56 bits per heavy atom. The van der Waals surface area contributed by atoms with Crippen molar-refractivity contribution in [1.82, 2.24) is 0 Å². The molecule has 0 heterocycles. The molecule has 0 spiro atoms. The number of methoxy groups -OCH3 is 1. The summed E-state index contributed by atoms with van der Waals surface area (Å²) < 4.78 is 5.28. The van der Waals surface area contributed by atoms with Gasteiger partial charge in [-0.3, -0.25) is 4.79 Å². The molecule has 0 saturated heterocycles. The van der Waals surface area contributed by atoms with Gasteiger partial charge in [0, 0.05) is 5.69 Å². The van der Waals surface area contributed by atoms with Crippen LogP contribution in [-0.4, -0.2) is 18.1 Å². The molecule has 3 aromatic rings. The second-order valence-corrected chi connectivity index (χ2v) is 5.57. The third kappa shape index (κ3) is 3.63. The van der Waals surface area contributed by atoms with Crippen LogP contribution in [0.5, 0.6) is 11.5 Å². The normalized spacial score (nSPS) is 10.3. The van der Waals surface area contributed by atoms with E-state index >= 15 is 0 Å². The molecule has 0 fully saturated rings. The Bertz CT molecular complexity index is 848. The number of carbonyl (C=O) groups excluding carboxylic acids is 1. The fourth-order valence-electron chi connectivity index (χ4n) is 2.69. The number of amides is 1. The van der Waals surface area contributed by atoms with Crippen LogP contribution >= 0.6 is 0 Å². The first kappa shape index (κ1) is 16.6. The SMILES string of the molecule is COc1cccc(O)c1C(=O)N(Cc1ccccc1)c1ccccc1.